The van der Waals surface area contributed by atoms with E-state index in [9.17, 15) is 0 Å². The van der Waals surface area contributed by atoms with Crippen LogP contribution < -0.4 is 0 Å². The molecule has 5 nitrogen and oxygen atoms in total. The van der Waals surface area contributed by atoms with Gasteiger partial charge in [-0.3, -0.25) is 0 Å². The van der Waals surface area contributed by atoms with Gasteiger partial charge in [0.25, 0.3) is 0 Å². The van der Waals surface area contributed by atoms with Crippen LogP contribution in [-0.2, 0) is 0 Å². The minimum absolute atomic E-state index is 0. The van der Waals surface area contributed by atoms with Crippen LogP contribution in [0.25, 0.3) is 0 Å². The third-order valence-electron chi connectivity index (χ3n) is 0. The molecule has 0 bridgehead atoms. The largest absolute Gasteiger partial charge is 2.00 e. The average molecular weight is 140 g/mol. The van der Waals surface area contributed by atoms with E-state index in [1.165, 1.54) is 0 Å². The fourth-order valence-corrected chi connectivity index (χ4v) is 0. The normalized spacial score (nSPS) is 8.57. The molecule has 0 aliphatic heterocycles. The first kappa shape index (κ1) is 15.7. The Morgan fingerprint density at radius 3 is 1.00 bits per heavy atom. The van der Waals surface area contributed by atoms with E-state index < -0.39 is 9.05 Å². The molecule has 7 heteroatoms. The first-order chi connectivity index (χ1) is 2.00. The number of hydrogen-bond acceptors (Lipinski definition) is 4. The van der Waals surface area contributed by atoms with Crippen molar-refractivity contribution < 1.29 is 27.5 Å². The van der Waals surface area contributed by atoms with Crippen molar-refractivity contribution in [3.05, 3.63) is 0 Å². The Morgan fingerprint density at radius 1 is 1.00 bits per heavy atom. The maximum Gasteiger partial charge on any atom is 2.00 e. The Hall–Kier alpha value is 0.783. The average Bonchev–Trinajstić information content (AvgIpc) is 0.722. The Balaban J connectivity index is -0.0000000133. The molecule has 0 aromatic rings. The van der Waals surface area contributed by atoms with Crippen LogP contribution in [0, 0.1) is 0 Å². The van der Waals surface area contributed by atoms with Crippen LogP contribution in [-0.4, -0.2) is 56.8 Å². The quantitative estimate of drug-likeness (QED) is 0.261. The van der Waals surface area contributed by atoms with Gasteiger partial charge < -0.3 is 27.5 Å². The molecular formula is H8MgO5Si. The summed E-state index contributed by atoms with van der Waals surface area (Å²) >= 11 is 0. The smallest absolute Gasteiger partial charge is 1.00 e. The van der Waals surface area contributed by atoms with Gasteiger partial charge in [-0.05, 0) is 0 Å². The third kappa shape index (κ3) is 253. The second-order valence-corrected chi connectivity index (χ2v) is 1.80. The molecule has 0 rings (SSSR count). The van der Waals surface area contributed by atoms with Crippen molar-refractivity contribution in [1.29, 1.82) is 0 Å². The van der Waals surface area contributed by atoms with Gasteiger partial charge in [0.05, 0.1) is 0 Å². The molecule has 0 unspecified atom stereocenters. The Kier molecular flexibility index (Phi) is 11.0. The summed E-state index contributed by atoms with van der Waals surface area (Å²) in [5, 5.41) is 0. The first-order valence-corrected chi connectivity index (χ1v) is 2.68. The molecular weight excluding hydrogens is 132 g/mol. The van der Waals surface area contributed by atoms with Gasteiger partial charge in [0.1, 0.15) is 0 Å². The van der Waals surface area contributed by atoms with E-state index in [0.29, 0.717) is 0 Å². The SMILES string of the molecule is O.O[Si](O)(O)O.[H-].[H-].[Mg+2]. The minimum Gasteiger partial charge on any atom is -1.00 e. The maximum atomic E-state index is 7.33. The summed E-state index contributed by atoms with van der Waals surface area (Å²) in [6.07, 6.45) is 0. The van der Waals surface area contributed by atoms with Crippen molar-refractivity contribution in [2.24, 2.45) is 0 Å². The molecule has 6 N–H and O–H groups in total. The first-order valence-electron chi connectivity index (χ1n) is 0.894. The molecule has 0 aromatic heterocycles. The van der Waals surface area contributed by atoms with Crippen molar-refractivity contribution in [1.82, 2.24) is 0 Å². The molecule has 0 atom stereocenters. The monoisotopic (exact) mass is 140 g/mol. The van der Waals surface area contributed by atoms with E-state index in [2.05, 4.69) is 0 Å². The summed E-state index contributed by atoms with van der Waals surface area (Å²) in [6, 6.07) is 0. The zero-order valence-corrected chi connectivity index (χ0v) is 5.91. The van der Waals surface area contributed by atoms with Crippen LogP contribution in [0.2, 0.25) is 0 Å². The predicted molar refractivity (Wildman–Crippen MR) is 26.2 cm³/mol. The minimum atomic E-state index is -4.61. The van der Waals surface area contributed by atoms with E-state index in [4.69, 9.17) is 19.2 Å². The van der Waals surface area contributed by atoms with Crippen LogP contribution in [0.4, 0.5) is 0 Å². The third-order valence-corrected chi connectivity index (χ3v) is 0. The topological polar surface area (TPSA) is 112 Å². The zero-order chi connectivity index (χ0) is 4.50. The van der Waals surface area contributed by atoms with E-state index in [1.807, 2.05) is 0 Å². The fraction of sp³-hybridized carbons (Fsp3) is 0. The van der Waals surface area contributed by atoms with Crippen LogP contribution >= 0.6 is 0 Å². The van der Waals surface area contributed by atoms with Crippen molar-refractivity contribution in [2.75, 3.05) is 0 Å². The van der Waals surface area contributed by atoms with E-state index >= 15 is 0 Å². The second-order valence-electron chi connectivity index (χ2n) is 0.600. The zero-order valence-electron chi connectivity index (χ0n) is 5.50. The van der Waals surface area contributed by atoms with Crippen molar-refractivity contribution in [2.45, 2.75) is 0 Å². The molecule has 0 saturated heterocycles. The molecule has 0 aromatic carbocycles. The fourth-order valence-electron chi connectivity index (χ4n) is 0. The van der Waals surface area contributed by atoms with Crippen LogP contribution in [0.1, 0.15) is 2.85 Å². The summed E-state index contributed by atoms with van der Waals surface area (Å²) < 4.78 is 0. The Bertz CT molecular complexity index is 30.4. The van der Waals surface area contributed by atoms with Crippen LogP contribution in [0.15, 0.2) is 0 Å². The predicted octanol–water partition coefficient (Wildman–Crippen LogP) is -3.59. The molecule has 0 spiro atoms. The van der Waals surface area contributed by atoms with E-state index in [1.54, 1.807) is 0 Å². The van der Waals surface area contributed by atoms with Gasteiger partial charge in [-0.25, -0.2) is 0 Å². The molecule has 0 saturated carbocycles. The van der Waals surface area contributed by atoms with Crippen LogP contribution in [0.5, 0.6) is 0 Å². The molecule has 0 fully saturated rings. The van der Waals surface area contributed by atoms with Crippen molar-refractivity contribution >= 4 is 32.1 Å². The standard InChI is InChI=1S/Mg.H4O4Si.H2O.2H/c;1-5(2,3)4;;;/h;1-4H;1H2;;/q+2;;;2*-1. The second kappa shape index (κ2) is 4.93. The molecule has 7 heavy (non-hydrogen) atoms. The number of hydrogen-bond donors (Lipinski definition) is 4. The molecule has 0 aliphatic carbocycles. The molecule has 0 amide bonds. The summed E-state index contributed by atoms with van der Waals surface area (Å²) in [4.78, 5) is 29.3. The van der Waals surface area contributed by atoms with Gasteiger partial charge in [-0.2, -0.15) is 0 Å². The molecule has 0 aliphatic rings. The summed E-state index contributed by atoms with van der Waals surface area (Å²) in [6.45, 7) is 0. The Labute approximate surface area is 60.1 Å². The Morgan fingerprint density at radius 2 is 1.00 bits per heavy atom. The van der Waals surface area contributed by atoms with Gasteiger partial charge in [0.2, 0.25) is 0 Å². The molecule has 44 valence electrons. The van der Waals surface area contributed by atoms with Gasteiger partial charge in [-0.15, -0.1) is 0 Å². The molecule has 0 heterocycles. The van der Waals surface area contributed by atoms with E-state index in [0.717, 1.165) is 0 Å². The van der Waals surface area contributed by atoms with Gasteiger partial charge >= 0.3 is 32.1 Å². The summed E-state index contributed by atoms with van der Waals surface area (Å²) in [5.41, 5.74) is 0. The summed E-state index contributed by atoms with van der Waals surface area (Å²) in [7, 11) is -4.61. The molecule has 0 radical (unpaired) electrons. The van der Waals surface area contributed by atoms with E-state index in [-0.39, 0.29) is 31.4 Å². The van der Waals surface area contributed by atoms with Crippen LogP contribution in [0.3, 0.4) is 0 Å². The van der Waals surface area contributed by atoms with Gasteiger partial charge in [-0.1, -0.05) is 0 Å². The van der Waals surface area contributed by atoms with Gasteiger partial charge in [0, 0.05) is 0 Å². The maximum absolute atomic E-state index is 7.33. The van der Waals surface area contributed by atoms with Crippen molar-refractivity contribution in [3.63, 3.8) is 0 Å². The summed E-state index contributed by atoms with van der Waals surface area (Å²) in [5.74, 6) is 0. The number of rotatable bonds is 0. The van der Waals surface area contributed by atoms with Crippen molar-refractivity contribution in [3.8, 4) is 0 Å². The van der Waals surface area contributed by atoms with Gasteiger partial charge in [0.15, 0.2) is 0 Å².